The minimum absolute atomic E-state index is 0. The highest BCUT2D eigenvalue weighted by Gasteiger charge is 2.07. The van der Waals surface area contributed by atoms with Crippen LogP contribution >= 0.6 is 24.0 Å². The van der Waals surface area contributed by atoms with E-state index in [0.717, 1.165) is 31.2 Å². The molecular weight excluding hydrogens is 248 g/mol. The molecule has 1 rings (SSSR count). The van der Waals surface area contributed by atoms with Crippen molar-refractivity contribution in [3.05, 3.63) is 34.6 Å². The van der Waals surface area contributed by atoms with Gasteiger partial charge in [0.15, 0.2) is 0 Å². The van der Waals surface area contributed by atoms with Crippen molar-refractivity contribution in [2.45, 2.75) is 38.6 Å². The van der Waals surface area contributed by atoms with Crippen LogP contribution in [0.3, 0.4) is 0 Å². The fraction of sp³-hybridized carbons (Fsp3) is 0.500. The van der Waals surface area contributed by atoms with Crippen molar-refractivity contribution < 1.29 is 4.39 Å². The minimum Gasteiger partial charge on any atom is -0.324 e. The number of halogens is 3. The van der Waals surface area contributed by atoms with Crippen LogP contribution in [0.15, 0.2) is 18.2 Å². The third-order valence-corrected chi connectivity index (χ3v) is 2.65. The minimum atomic E-state index is -0.316. The Morgan fingerprint density at radius 3 is 2.56 bits per heavy atom. The summed E-state index contributed by atoms with van der Waals surface area (Å²) < 4.78 is 13.0. The highest BCUT2D eigenvalue weighted by atomic mass is 35.5. The van der Waals surface area contributed by atoms with Crippen LogP contribution < -0.4 is 5.73 Å². The van der Waals surface area contributed by atoms with Gasteiger partial charge in [-0.05, 0) is 30.2 Å². The Hall–Kier alpha value is -0.310. The molecule has 0 bridgehead atoms. The first kappa shape index (κ1) is 15.7. The van der Waals surface area contributed by atoms with Crippen molar-refractivity contribution in [1.82, 2.24) is 0 Å². The van der Waals surface area contributed by atoms with Gasteiger partial charge in [0.05, 0.1) is 0 Å². The maximum atomic E-state index is 13.0. The summed E-state index contributed by atoms with van der Waals surface area (Å²) in [6, 6.07) is 4.39. The first-order chi connectivity index (χ1) is 7.13. The number of rotatable bonds is 5. The molecule has 1 nitrogen and oxygen atoms in total. The molecule has 0 unspecified atom stereocenters. The van der Waals surface area contributed by atoms with Crippen LogP contribution in [-0.4, -0.2) is 0 Å². The second-order valence-corrected chi connectivity index (χ2v) is 4.24. The summed E-state index contributed by atoms with van der Waals surface area (Å²) in [7, 11) is 0. The fourth-order valence-corrected chi connectivity index (χ4v) is 1.80. The van der Waals surface area contributed by atoms with Crippen molar-refractivity contribution in [3.63, 3.8) is 0 Å². The van der Waals surface area contributed by atoms with E-state index in [9.17, 15) is 4.39 Å². The van der Waals surface area contributed by atoms with Crippen LogP contribution in [0.2, 0.25) is 5.02 Å². The molecule has 0 radical (unpaired) electrons. The number of unbranched alkanes of at least 4 members (excludes halogenated alkanes) is 2. The first-order valence-corrected chi connectivity index (χ1v) is 5.73. The summed E-state index contributed by atoms with van der Waals surface area (Å²) in [4.78, 5) is 0. The largest absolute Gasteiger partial charge is 0.324 e. The molecule has 1 aromatic carbocycles. The number of hydrogen-bond acceptors (Lipinski definition) is 1. The molecule has 16 heavy (non-hydrogen) atoms. The fourth-order valence-electron chi connectivity index (χ4n) is 1.57. The number of nitrogens with two attached hydrogens (primary N) is 1. The molecule has 0 aromatic heterocycles. The molecule has 1 atom stereocenters. The van der Waals surface area contributed by atoms with Gasteiger partial charge in [-0.2, -0.15) is 0 Å². The highest BCUT2D eigenvalue weighted by Crippen LogP contribution is 2.22. The summed E-state index contributed by atoms with van der Waals surface area (Å²) >= 11 is 5.76. The summed E-state index contributed by atoms with van der Waals surface area (Å²) in [5, 5.41) is 0.413. The molecule has 1 aromatic rings. The summed E-state index contributed by atoms with van der Waals surface area (Å²) in [5.74, 6) is -0.316. The third-order valence-electron chi connectivity index (χ3n) is 2.43. The first-order valence-electron chi connectivity index (χ1n) is 5.35. The van der Waals surface area contributed by atoms with Gasteiger partial charge in [0.25, 0.3) is 0 Å². The van der Waals surface area contributed by atoms with Crippen molar-refractivity contribution in [2.75, 3.05) is 0 Å². The molecular formula is C12H18Cl2FN. The van der Waals surface area contributed by atoms with Gasteiger partial charge in [0.2, 0.25) is 0 Å². The van der Waals surface area contributed by atoms with E-state index in [-0.39, 0.29) is 24.3 Å². The normalized spacial score (nSPS) is 12.0. The lowest BCUT2D eigenvalue weighted by atomic mass is 10.0. The molecule has 0 heterocycles. The Morgan fingerprint density at radius 2 is 2.00 bits per heavy atom. The number of benzene rings is 1. The number of hydrogen-bond donors (Lipinski definition) is 1. The lowest BCUT2D eigenvalue weighted by Crippen LogP contribution is -2.10. The van der Waals surface area contributed by atoms with E-state index >= 15 is 0 Å². The third kappa shape index (κ3) is 5.15. The van der Waals surface area contributed by atoms with Gasteiger partial charge in [-0.3, -0.25) is 0 Å². The monoisotopic (exact) mass is 265 g/mol. The van der Waals surface area contributed by atoms with E-state index in [2.05, 4.69) is 6.92 Å². The van der Waals surface area contributed by atoms with Gasteiger partial charge < -0.3 is 5.73 Å². The van der Waals surface area contributed by atoms with Crippen molar-refractivity contribution >= 4 is 24.0 Å². The van der Waals surface area contributed by atoms with Crippen LogP contribution in [0.1, 0.15) is 44.2 Å². The predicted octanol–water partition coefficient (Wildman–Crippen LogP) is 4.48. The molecule has 4 heteroatoms. The van der Waals surface area contributed by atoms with Gasteiger partial charge in [0, 0.05) is 11.1 Å². The van der Waals surface area contributed by atoms with Crippen LogP contribution in [0.4, 0.5) is 4.39 Å². The van der Waals surface area contributed by atoms with E-state index in [1.54, 1.807) is 6.07 Å². The molecule has 2 N–H and O–H groups in total. The van der Waals surface area contributed by atoms with E-state index in [1.807, 2.05) is 0 Å². The zero-order chi connectivity index (χ0) is 11.3. The van der Waals surface area contributed by atoms with Crippen molar-refractivity contribution in [3.8, 4) is 0 Å². The smallest absolute Gasteiger partial charge is 0.125 e. The van der Waals surface area contributed by atoms with E-state index < -0.39 is 0 Å². The molecule has 0 aliphatic rings. The summed E-state index contributed by atoms with van der Waals surface area (Å²) in [5.41, 5.74) is 6.74. The van der Waals surface area contributed by atoms with E-state index in [0.29, 0.717) is 5.02 Å². The maximum absolute atomic E-state index is 13.0. The van der Waals surface area contributed by atoms with Crippen LogP contribution in [0, 0.1) is 5.82 Å². The van der Waals surface area contributed by atoms with Gasteiger partial charge in [-0.15, -0.1) is 12.4 Å². The van der Waals surface area contributed by atoms with Crippen molar-refractivity contribution in [2.24, 2.45) is 5.73 Å². The molecule has 0 saturated carbocycles. The van der Waals surface area contributed by atoms with E-state index in [4.69, 9.17) is 17.3 Å². The molecule has 0 aliphatic carbocycles. The average molecular weight is 266 g/mol. The van der Waals surface area contributed by atoms with Crippen LogP contribution in [0.5, 0.6) is 0 Å². The zero-order valence-electron chi connectivity index (χ0n) is 9.38. The molecule has 92 valence electrons. The molecule has 0 aliphatic heterocycles. The highest BCUT2D eigenvalue weighted by molar-refractivity contribution is 6.30. The summed E-state index contributed by atoms with van der Waals surface area (Å²) in [6.07, 6.45) is 4.28. The quantitative estimate of drug-likeness (QED) is 0.781. The van der Waals surface area contributed by atoms with Crippen molar-refractivity contribution in [1.29, 1.82) is 0 Å². The Bertz CT molecular complexity index is 298. The maximum Gasteiger partial charge on any atom is 0.125 e. The second kappa shape index (κ2) is 7.88. The van der Waals surface area contributed by atoms with Gasteiger partial charge in [-0.1, -0.05) is 37.8 Å². The molecule has 0 spiro atoms. The van der Waals surface area contributed by atoms with Crippen LogP contribution in [0.25, 0.3) is 0 Å². The van der Waals surface area contributed by atoms with E-state index in [1.165, 1.54) is 12.1 Å². The Labute approximate surface area is 108 Å². The summed E-state index contributed by atoms with van der Waals surface area (Å²) in [6.45, 7) is 2.14. The van der Waals surface area contributed by atoms with Gasteiger partial charge >= 0.3 is 0 Å². The Morgan fingerprint density at radius 1 is 1.31 bits per heavy atom. The Kier molecular flexibility index (Phi) is 7.73. The lowest BCUT2D eigenvalue weighted by Gasteiger charge is -2.12. The molecule has 0 fully saturated rings. The molecule has 0 saturated heterocycles. The van der Waals surface area contributed by atoms with Crippen LogP contribution in [-0.2, 0) is 0 Å². The average Bonchev–Trinajstić information content (AvgIpc) is 2.16. The zero-order valence-corrected chi connectivity index (χ0v) is 11.0. The van der Waals surface area contributed by atoms with Gasteiger partial charge in [0.1, 0.15) is 5.82 Å². The van der Waals surface area contributed by atoms with Gasteiger partial charge in [-0.25, -0.2) is 4.39 Å². The second-order valence-electron chi connectivity index (χ2n) is 3.81. The Balaban J connectivity index is 0.00000225. The SMILES string of the molecule is CCCCC[C@H](N)c1cc(F)cc(Cl)c1.Cl. The standard InChI is InChI=1S/C12H17ClFN.ClH/c1-2-3-4-5-12(15)9-6-10(13)8-11(14)7-9;/h6-8,12H,2-5,15H2,1H3;1H/t12-;/m0./s1. The lowest BCUT2D eigenvalue weighted by molar-refractivity contribution is 0.572. The topological polar surface area (TPSA) is 26.0 Å². The molecule has 0 amide bonds. The predicted molar refractivity (Wildman–Crippen MR) is 69.7 cm³/mol.